The van der Waals surface area contributed by atoms with Crippen LogP contribution < -0.4 is 11.5 Å². The summed E-state index contributed by atoms with van der Waals surface area (Å²) in [6.07, 6.45) is 4.57. The van der Waals surface area contributed by atoms with Crippen LogP contribution in [0.4, 0.5) is 4.39 Å². The molecule has 0 atom stereocenters. The first-order valence-corrected chi connectivity index (χ1v) is 5.36. The summed E-state index contributed by atoms with van der Waals surface area (Å²) < 4.78 is 12.9. The van der Waals surface area contributed by atoms with Crippen molar-refractivity contribution in [1.82, 2.24) is 9.97 Å². The van der Waals surface area contributed by atoms with Gasteiger partial charge in [-0.15, -0.1) is 10.2 Å². The van der Waals surface area contributed by atoms with Crippen LogP contribution >= 0.6 is 0 Å². The van der Waals surface area contributed by atoms with Gasteiger partial charge < -0.3 is 11.5 Å². The Bertz CT molecular complexity index is 602. The number of aromatic nitrogens is 2. The molecule has 1 heterocycles. The Morgan fingerprint density at radius 2 is 1.79 bits per heavy atom. The van der Waals surface area contributed by atoms with Gasteiger partial charge in [-0.2, -0.15) is 0 Å². The van der Waals surface area contributed by atoms with Crippen LogP contribution in [0.3, 0.4) is 0 Å². The molecule has 0 fully saturated rings. The molecule has 0 saturated carbocycles. The summed E-state index contributed by atoms with van der Waals surface area (Å²) in [6.45, 7) is 0. The fraction of sp³-hybridized carbons (Fsp3) is 0. The average Bonchev–Trinajstić information content (AvgIpc) is 2.42. The first-order chi connectivity index (χ1) is 9.16. The number of benzene rings is 1. The summed E-state index contributed by atoms with van der Waals surface area (Å²) in [5, 5.41) is 7.52. The molecule has 19 heavy (non-hydrogen) atoms. The van der Waals surface area contributed by atoms with Crippen LogP contribution in [-0.2, 0) is 0 Å². The van der Waals surface area contributed by atoms with Gasteiger partial charge in [-0.25, -0.2) is 4.39 Å². The number of hydrogen-bond donors (Lipinski definition) is 2. The zero-order valence-electron chi connectivity index (χ0n) is 9.86. The Balaban J connectivity index is 2.49. The lowest BCUT2D eigenvalue weighted by molar-refractivity contribution is 0.628. The number of rotatable bonds is 3. The highest BCUT2D eigenvalue weighted by Crippen LogP contribution is 2.09. The topological polar surface area (TPSA) is 103 Å². The van der Waals surface area contributed by atoms with E-state index in [4.69, 9.17) is 11.5 Å². The molecule has 96 valence electrons. The van der Waals surface area contributed by atoms with Gasteiger partial charge in [0, 0.05) is 18.0 Å². The zero-order chi connectivity index (χ0) is 13.7. The lowest BCUT2D eigenvalue weighted by Crippen LogP contribution is -2.22. The summed E-state index contributed by atoms with van der Waals surface area (Å²) in [6, 6.07) is 5.75. The second-order valence-corrected chi connectivity index (χ2v) is 3.57. The van der Waals surface area contributed by atoms with Gasteiger partial charge in [-0.05, 0) is 24.3 Å². The van der Waals surface area contributed by atoms with E-state index in [0.29, 0.717) is 17.0 Å². The third-order valence-electron chi connectivity index (χ3n) is 2.19. The van der Waals surface area contributed by atoms with Crippen LogP contribution in [0.1, 0.15) is 11.3 Å². The molecule has 0 bridgehead atoms. The van der Waals surface area contributed by atoms with Crippen molar-refractivity contribution in [2.24, 2.45) is 21.7 Å². The van der Waals surface area contributed by atoms with Crippen LogP contribution in [0.5, 0.6) is 0 Å². The van der Waals surface area contributed by atoms with Crippen molar-refractivity contribution in [2.75, 3.05) is 0 Å². The minimum absolute atomic E-state index is 0.177. The predicted octanol–water partition coefficient (Wildman–Crippen LogP) is 0.641. The predicted molar refractivity (Wildman–Crippen MR) is 69.9 cm³/mol. The minimum Gasteiger partial charge on any atom is -0.369 e. The number of nitrogens with two attached hydrogens (primary N) is 2. The summed E-state index contributed by atoms with van der Waals surface area (Å²) in [7, 11) is 0. The number of nitrogens with zero attached hydrogens (tertiary/aromatic N) is 4. The van der Waals surface area contributed by atoms with Crippen LogP contribution in [0.25, 0.3) is 0 Å². The van der Waals surface area contributed by atoms with Crippen LogP contribution in [0, 0.1) is 5.82 Å². The number of halogens is 1. The van der Waals surface area contributed by atoms with E-state index in [9.17, 15) is 4.39 Å². The molecular weight excluding hydrogens is 247 g/mol. The smallest absolute Gasteiger partial charge is 0.211 e. The fourth-order valence-electron chi connectivity index (χ4n) is 1.39. The van der Waals surface area contributed by atoms with Gasteiger partial charge >= 0.3 is 0 Å². The van der Waals surface area contributed by atoms with E-state index in [0.717, 1.165) is 0 Å². The highest BCUT2D eigenvalue weighted by Gasteiger charge is 2.09. The first-order valence-electron chi connectivity index (χ1n) is 5.36. The molecule has 0 aliphatic carbocycles. The molecule has 0 amide bonds. The molecular formula is C12H11FN6. The highest BCUT2D eigenvalue weighted by atomic mass is 19.1. The van der Waals surface area contributed by atoms with Gasteiger partial charge in [0.05, 0.1) is 6.20 Å². The molecule has 1 aromatic heterocycles. The van der Waals surface area contributed by atoms with Gasteiger partial charge in [-0.3, -0.25) is 9.97 Å². The first kappa shape index (κ1) is 12.6. The molecule has 4 N–H and O–H groups in total. The third kappa shape index (κ3) is 3.32. The largest absolute Gasteiger partial charge is 0.369 e. The van der Waals surface area contributed by atoms with Crippen LogP contribution in [0.15, 0.2) is 53.1 Å². The van der Waals surface area contributed by atoms with Crippen molar-refractivity contribution < 1.29 is 4.39 Å². The lowest BCUT2D eigenvalue weighted by atomic mass is 10.1. The number of guanidine groups is 1. The Morgan fingerprint density at radius 1 is 1.05 bits per heavy atom. The highest BCUT2D eigenvalue weighted by molar-refractivity contribution is 6.11. The molecule has 1 aromatic carbocycles. The summed E-state index contributed by atoms with van der Waals surface area (Å²) in [5.41, 5.74) is 12.0. The van der Waals surface area contributed by atoms with Gasteiger partial charge in [0.1, 0.15) is 17.2 Å². The minimum atomic E-state index is -0.343. The number of hydrogen-bond acceptors (Lipinski definition) is 4. The molecule has 0 saturated heterocycles. The molecule has 7 heteroatoms. The molecule has 0 spiro atoms. The Labute approximate surface area is 108 Å². The van der Waals surface area contributed by atoms with Crippen molar-refractivity contribution >= 4 is 11.7 Å². The Morgan fingerprint density at radius 3 is 2.37 bits per heavy atom. The van der Waals surface area contributed by atoms with E-state index >= 15 is 0 Å². The maximum atomic E-state index is 12.9. The maximum Gasteiger partial charge on any atom is 0.211 e. The van der Waals surface area contributed by atoms with Gasteiger partial charge in [-0.1, -0.05) is 0 Å². The lowest BCUT2D eigenvalue weighted by Gasteiger charge is -2.04. The Hall–Kier alpha value is -2.83. The zero-order valence-corrected chi connectivity index (χ0v) is 9.86. The average molecular weight is 258 g/mol. The van der Waals surface area contributed by atoms with E-state index in [1.165, 1.54) is 30.7 Å². The van der Waals surface area contributed by atoms with Crippen molar-refractivity contribution in [2.45, 2.75) is 0 Å². The standard InChI is InChI=1S/C12H11FN6/c13-9-3-1-8(2-4-9)11(18-19-12(14)15)10-7-16-5-6-17-10/h1-7H,(H4,14,15,19)/b18-11-. The van der Waals surface area contributed by atoms with E-state index in [1.54, 1.807) is 12.1 Å². The molecule has 0 radical (unpaired) electrons. The molecule has 0 aliphatic heterocycles. The van der Waals surface area contributed by atoms with E-state index in [1.807, 2.05) is 0 Å². The Kier molecular flexibility index (Phi) is 3.77. The molecule has 0 aliphatic rings. The van der Waals surface area contributed by atoms with Crippen molar-refractivity contribution in [3.63, 3.8) is 0 Å². The second kappa shape index (κ2) is 5.67. The van der Waals surface area contributed by atoms with E-state index in [2.05, 4.69) is 20.2 Å². The van der Waals surface area contributed by atoms with Crippen LogP contribution in [-0.4, -0.2) is 21.6 Å². The van der Waals surface area contributed by atoms with E-state index in [-0.39, 0.29) is 11.8 Å². The quantitative estimate of drug-likeness (QED) is 0.479. The SMILES string of the molecule is NC(N)=N/N=C(/c1ccc(F)cc1)c1cnccn1. The van der Waals surface area contributed by atoms with E-state index < -0.39 is 0 Å². The third-order valence-corrected chi connectivity index (χ3v) is 2.19. The monoisotopic (exact) mass is 258 g/mol. The van der Waals surface area contributed by atoms with Crippen molar-refractivity contribution in [1.29, 1.82) is 0 Å². The van der Waals surface area contributed by atoms with Crippen molar-refractivity contribution in [3.05, 3.63) is 59.9 Å². The normalized spacial score (nSPS) is 11.1. The molecule has 0 unspecified atom stereocenters. The summed E-state index contributed by atoms with van der Waals surface area (Å²) in [4.78, 5) is 8.07. The van der Waals surface area contributed by atoms with Crippen LogP contribution in [0.2, 0.25) is 0 Å². The van der Waals surface area contributed by atoms with Gasteiger partial charge in [0.15, 0.2) is 0 Å². The summed E-state index contributed by atoms with van der Waals surface area (Å²) in [5.74, 6) is -0.521. The molecule has 2 rings (SSSR count). The maximum absolute atomic E-state index is 12.9. The van der Waals surface area contributed by atoms with Crippen molar-refractivity contribution in [3.8, 4) is 0 Å². The summed E-state index contributed by atoms with van der Waals surface area (Å²) >= 11 is 0. The molecule has 2 aromatic rings. The van der Waals surface area contributed by atoms with Gasteiger partial charge in [0.25, 0.3) is 0 Å². The second-order valence-electron chi connectivity index (χ2n) is 3.57. The van der Waals surface area contributed by atoms with Gasteiger partial charge in [0.2, 0.25) is 5.96 Å². The molecule has 6 nitrogen and oxygen atoms in total. The fourth-order valence-corrected chi connectivity index (χ4v) is 1.39.